The molecule has 1 aliphatic carbocycles. The molecule has 1 aliphatic heterocycles. The molecule has 2 atom stereocenters. The molecule has 3 heterocycles. The van der Waals surface area contributed by atoms with Gasteiger partial charge >= 0.3 is 0 Å². The number of aryl methyl sites for hydroxylation is 2. The number of carbonyl (C=O) groups excluding carboxylic acids is 1. The minimum atomic E-state index is 0.218. The van der Waals surface area contributed by atoms with E-state index in [1.165, 1.54) is 18.2 Å². The van der Waals surface area contributed by atoms with E-state index < -0.39 is 0 Å². The molecule has 2 aromatic heterocycles. The molecule has 0 aromatic carbocycles. The lowest BCUT2D eigenvalue weighted by molar-refractivity contribution is -0.129. The summed E-state index contributed by atoms with van der Waals surface area (Å²) in [6.45, 7) is 11.9. The van der Waals surface area contributed by atoms with Crippen molar-refractivity contribution < 1.29 is 4.79 Å². The molecule has 140 valence electrons. The predicted molar refractivity (Wildman–Crippen MR) is 102 cm³/mol. The fourth-order valence-electron chi connectivity index (χ4n) is 5.25. The maximum absolute atomic E-state index is 12.9. The van der Waals surface area contributed by atoms with E-state index in [2.05, 4.69) is 40.9 Å². The molecule has 7 heteroatoms. The quantitative estimate of drug-likeness (QED) is 0.773. The highest BCUT2D eigenvalue weighted by atomic mass is 32.2. The number of likely N-dealkylation sites (tertiary alicyclic amines) is 1. The van der Waals surface area contributed by atoms with Crippen molar-refractivity contribution in [1.82, 2.24) is 24.5 Å². The van der Waals surface area contributed by atoms with Gasteiger partial charge in [-0.05, 0) is 50.0 Å². The topological polar surface area (TPSA) is 63.4 Å². The third-order valence-corrected chi connectivity index (χ3v) is 6.64. The van der Waals surface area contributed by atoms with Gasteiger partial charge in [0, 0.05) is 24.0 Å². The summed E-state index contributed by atoms with van der Waals surface area (Å²) in [4.78, 5) is 19.5. The molecule has 1 saturated carbocycles. The van der Waals surface area contributed by atoms with Gasteiger partial charge in [-0.1, -0.05) is 32.5 Å². The highest BCUT2D eigenvalue weighted by Gasteiger charge is 2.50. The van der Waals surface area contributed by atoms with Crippen LogP contribution in [0.15, 0.2) is 11.2 Å². The zero-order valence-electron chi connectivity index (χ0n) is 16.2. The summed E-state index contributed by atoms with van der Waals surface area (Å²) >= 11 is 1.46. The first-order valence-corrected chi connectivity index (χ1v) is 10.3. The second kappa shape index (κ2) is 5.94. The summed E-state index contributed by atoms with van der Waals surface area (Å²) in [6.07, 6.45) is 3.45. The van der Waals surface area contributed by atoms with E-state index in [0.717, 1.165) is 35.9 Å². The third-order valence-electron chi connectivity index (χ3n) is 5.72. The summed E-state index contributed by atoms with van der Waals surface area (Å²) < 4.78 is 1.93. The molecule has 4 rings (SSSR count). The number of nitrogens with zero attached hydrogens (tertiary/aromatic N) is 5. The highest BCUT2D eigenvalue weighted by Crippen LogP contribution is 2.52. The maximum Gasteiger partial charge on any atom is 0.256 e. The standard InChI is InChI=1S/C19H27N5OS/c1-12-6-13(2)24-16(20-12)21-22-17(24)26-9-15(25)23-11-19(5)8-14(23)7-18(3,4)10-19/h6,14H,7-11H2,1-5H3/t14-,19-/m0/s1. The van der Waals surface area contributed by atoms with Crippen LogP contribution < -0.4 is 0 Å². The molecule has 2 bridgehead atoms. The van der Waals surface area contributed by atoms with E-state index in [9.17, 15) is 4.79 Å². The van der Waals surface area contributed by atoms with Crippen LogP contribution >= 0.6 is 11.8 Å². The number of aromatic nitrogens is 4. The summed E-state index contributed by atoms with van der Waals surface area (Å²) in [5, 5.41) is 9.14. The lowest BCUT2D eigenvalue weighted by Crippen LogP contribution is -2.38. The first kappa shape index (κ1) is 17.8. The molecule has 1 saturated heterocycles. The minimum Gasteiger partial charge on any atom is -0.338 e. The van der Waals surface area contributed by atoms with Crippen molar-refractivity contribution in [3.8, 4) is 0 Å². The van der Waals surface area contributed by atoms with Crippen LogP contribution in [0.5, 0.6) is 0 Å². The van der Waals surface area contributed by atoms with Gasteiger partial charge in [0.1, 0.15) is 0 Å². The molecular formula is C19H27N5OS. The molecule has 1 amide bonds. The Hall–Kier alpha value is -1.63. The minimum absolute atomic E-state index is 0.218. The van der Waals surface area contributed by atoms with Crippen molar-refractivity contribution in [3.63, 3.8) is 0 Å². The predicted octanol–water partition coefficient (Wildman–Crippen LogP) is 3.26. The highest BCUT2D eigenvalue weighted by molar-refractivity contribution is 7.99. The summed E-state index contributed by atoms with van der Waals surface area (Å²) in [5.41, 5.74) is 2.56. The van der Waals surface area contributed by atoms with Gasteiger partial charge < -0.3 is 4.90 Å². The number of amides is 1. The van der Waals surface area contributed by atoms with Crippen molar-refractivity contribution >= 4 is 23.4 Å². The van der Waals surface area contributed by atoms with Crippen molar-refractivity contribution in [2.24, 2.45) is 10.8 Å². The molecule has 2 aliphatic rings. The number of hydrogen-bond donors (Lipinski definition) is 0. The molecule has 0 N–H and O–H groups in total. The molecule has 0 radical (unpaired) electrons. The number of hydrogen-bond acceptors (Lipinski definition) is 5. The van der Waals surface area contributed by atoms with Gasteiger partial charge in [-0.25, -0.2) is 4.98 Å². The fraction of sp³-hybridized carbons (Fsp3) is 0.684. The Morgan fingerprint density at radius 3 is 2.81 bits per heavy atom. The Balaban J connectivity index is 1.49. The number of carbonyl (C=O) groups is 1. The SMILES string of the molecule is Cc1cc(C)n2c(SCC(=O)N3C[C@@]4(C)C[C@@H]3CC(C)(C)C4)nnc2n1. The molecule has 2 fully saturated rings. The van der Waals surface area contributed by atoms with E-state index >= 15 is 0 Å². The van der Waals surface area contributed by atoms with Crippen LogP contribution in [0.1, 0.15) is 51.4 Å². The smallest absolute Gasteiger partial charge is 0.256 e. The average Bonchev–Trinajstić information content (AvgIpc) is 3.02. The lowest BCUT2D eigenvalue weighted by Gasteiger charge is -2.39. The second-order valence-corrected chi connectivity index (χ2v) is 10.1. The van der Waals surface area contributed by atoms with Gasteiger partial charge in [0.25, 0.3) is 5.78 Å². The lowest BCUT2D eigenvalue weighted by atomic mass is 9.65. The molecule has 0 unspecified atom stereocenters. The normalized spacial score (nSPS) is 27.3. The number of fused-ring (bicyclic) bond motifs is 3. The van der Waals surface area contributed by atoms with E-state index in [-0.39, 0.29) is 11.3 Å². The Morgan fingerprint density at radius 2 is 2.04 bits per heavy atom. The van der Waals surface area contributed by atoms with Crippen LogP contribution in [0, 0.1) is 24.7 Å². The van der Waals surface area contributed by atoms with Gasteiger partial charge in [-0.15, -0.1) is 10.2 Å². The van der Waals surface area contributed by atoms with Crippen LogP contribution in [0.2, 0.25) is 0 Å². The largest absolute Gasteiger partial charge is 0.338 e. The molecule has 2 aromatic rings. The molecular weight excluding hydrogens is 346 g/mol. The third kappa shape index (κ3) is 3.10. The number of rotatable bonds is 3. The van der Waals surface area contributed by atoms with Crippen molar-refractivity contribution in [1.29, 1.82) is 0 Å². The van der Waals surface area contributed by atoms with Crippen molar-refractivity contribution in [2.45, 2.75) is 65.1 Å². The fourth-order valence-corrected chi connectivity index (χ4v) is 6.13. The van der Waals surface area contributed by atoms with Crippen LogP contribution in [-0.4, -0.2) is 48.7 Å². The first-order valence-electron chi connectivity index (χ1n) is 9.28. The summed E-state index contributed by atoms with van der Waals surface area (Å²) in [5.74, 6) is 1.22. The van der Waals surface area contributed by atoms with Gasteiger partial charge in [-0.2, -0.15) is 0 Å². The van der Waals surface area contributed by atoms with Crippen LogP contribution in [-0.2, 0) is 4.79 Å². The van der Waals surface area contributed by atoms with E-state index in [4.69, 9.17) is 0 Å². The molecule has 0 spiro atoms. The Labute approximate surface area is 158 Å². The second-order valence-electron chi connectivity index (χ2n) is 9.18. The summed E-state index contributed by atoms with van der Waals surface area (Å²) in [7, 11) is 0. The molecule has 6 nitrogen and oxygen atoms in total. The Morgan fingerprint density at radius 1 is 1.27 bits per heavy atom. The van der Waals surface area contributed by atoms with Gasteiger partial charge in [0.05, 0.1) is 5.75 Å². The Kier molecular flexibility index (Phi) is 4.06. The van der Waals surface area contributed by atoms with E-state index in [1.54, 1.807) is 0 Å². The van der Waals surface area contributed by atoms with Gasteiger partial charge in [0.2, 0.25) is 5.91 Å². The van der Waals surface area contributed by atoms with Gasteiger partial charge in [-0.3, -0.25) is 9.20 Å². The van der Waals surface area contributed by atoms with Crippen molar-refractivity contribution in [2.75, 3.05) is 12.3 Å². The summed E-state index contributed by atoms with van der Waals surface area (Å²) in [6, 6.07) is 2.40. The maximum atomic E-state index is 12.9. The van der Waals surface area contributed by atoms with Crippen LogP contribution in [0.4, 0.5) is 0 Å². The van der Waals surface area contributed by atoms with E-state index in [1.807, 2.05) is 24.3 Å². The zero-order chi connectivity index (χ0) is 18.7. The average molecular weight is 374 g/mol. The first-order chi connectivity index (χ1) is 12.2. The van der Waals surface area contributed by atoms with Crippen LogP contribution in [0.25, 0.3) is 5.78 Å². The van der Waals surface area contributed by atoms with E-state index in [0.29, 0.717) is 23.0 Å². The van der Waals surface area contributed by atoms with Gasteiger partial charge in [0.15, 0.2) is 5.16 Å². The number of thioether (sulfide) groups is 1. The monoisotopic (exact) mass is 373 g/mol. The zero-order valence-corrected chi connectivity index (χ0v) is 17.1. The van der Waals surface area contributed by atoms with Crippen molar-refractivity contribution in [3.05, 3.63) is 17.5 Å². The Bertz CT molecular complexity index is 876. The molecule has 26 heavy (non-hydrogen) atoms. The van der Waals surface area contributed by atoms with Crippen LogP contribution in [0.3, 0.4) is 0 Å².